The maximum absolute atomic E-state index is 11.3. The zero-order chi connectivity index (χ0) is 11.9. The molecular weight excluding hydrogens is 236 g/mol. The minimum Gasteiger partial charge on any atom is -0.412 e. The lowest BCUT2D eigenvalue weighted by Crippen LogP contribution is -2.19. The lowest BCUT2D eigenvalue weighted by molar-refractivity contribution is 0.569. The fourth-order valence-corrected chi connectivity index (χ4v) is 1.82. The van der Waals surface area contributed by atoms with Crippen LogP contribution in [0.25, 0.3) is 0 Å². The van der Waals surface area contributed by atoms with Crippen LogP contribution in [0.15, 0.2) is 5.16 Å². The summed E-state index contributed by atoms with van der Waals surface area (Å²) in [7, 11) is -1.93. The van der Waals surface area contributed by atoms with Crippen molar-refractivity contribution in [1.82, 2.24) is 20.2 Å². The molecule has 0 unspecified atom stereocenters. The van der Waals surface area contributed by atoms with E-state index in [1.54, 1.807) is 0 Å². The van der Waals surface area contributed by atoms with E-state index in [0.29, 0.717) is 0 Å². The number of nitrogens with two attached hydrogens (primary N) is 2. The molecule has 1 heterocycles. The van der Waals surface area contributed by atoms with Gasteiger partial charge in [0.1, 0.15) is 0 Å². The summed E-state index contributed by atoms with van der Waals surface area (Å²) in [5.74, 6) is -0.138. The van der Waals surface area contributed by atoms with E-state index in [9.17, 15) is 8.42 Å². The summed E-state index contributed by atoms with van der Waals surface area (Å²) in [6, 6.07) is 0. The molecule has 0 spiro atoms. The highest BCUT2D eigenvalue weighted by Crippen LogP contribution is 2.02. The first-order valence-corrected chi connectivity index (χ1v) is 6.00. The van der Waals surface area contributed by atoms with Crippen molar-refractivity contribution in [2.24, 2.45) is 18.5 Å². The van der Waals surface area contributed by atoms with Crippen LogP contribution in [0.1, 0.15) is 6.92 Å². The summed E-state index contributed by atoms with van der Waals surface area (Å²) < 4.78 is 23.6. The number of hydrogen-bond donors (Lipinski definition) is 2. The van der Waals surface area contributed by atoms with Gasteiger partial charge in [-0.15, -0.1) is 0 Å². The molecule has 1 aromatic rings. The minimum absolute atomic E-state index is 0. The van der Waals surface area contributed by atoms with Crippen LogP contribution in [0, 0.1) is 0 Å². The molecule has 0 radical (unpaired) electrons. The van der Waals surface area contributed by atoms with Crippen LogP contribution in [-0.2, 0) is 16.9 Å². The minimum atomic E-state index is -3.40. The molecule has 10 heteroatoms. The molecule has 0 saturated carbocycles. The summed E-state index contributed by atoms with van der Waals surface area (Å²) in [5, 5.41) is 9.83. The molecule has 0 aliphatic carbocycles. The smallest absolute Gasteiger partial charge is 0.267 e. The van der Waals surface area contributed by atoms with E-state index in [0.717, 1.165) is 11.2 Å². The van der Waals surface area contributed by atoms with E-state index in [-0.39, 0.29) is 22.9 Å². The number of aryl methyl sites for hydroxylation is 1. The third kappa shape index (κ3) is 5.11. The van der Waals surface area contributed by atoms with Crippen molar-refractivity contribution < 1.29 is 13.9 Å². The fourth-order valence-electron chi connectivity index (χ4n) is 0.731. The van der Waals surface area contributed by atoms with Crippen molar-refractivity contribution in [3.63, 3.8) is 0 Å². The Morgan fingerprint density at radius 3 is 2.19 bits per heavy atom. The quantitative estimate of drug-likeness (QED) is 0.583. The number of aromatic nitrogens is 4. The molecule has 1 aromatic heterocycles. The average molecular weight is 254 g/mol. The van der Waals surface area contributed by atoms with Gasteiger partial charge in [-0.1, -0.05) is 12.0 Å². The summed E-state index contributed by atoms with van der Waals surface area (Å²) in [6.07, 6.45) is 0. The van der Waals surface area contributed by atoms with Gasteiger partial charge in [0.25, 0.3) is 5.16 Å². The van der Waals surface area contributed by atoms with E-state index in [2.05, 4.69) is 15.5 Å². The fraction of sp³-hybridized carbons (Fsp3) is 0.833. The van der Waals surface area contributed by atoms with Gasteiger partial charge in [-0.05, 0) is 17.0 Å². The molecule has 0 fully saturated rings. The Hall–Kier alpha value is -1.10. The van der Waals surface area contributed by atoms with Crippen molar-refractivity contribution >= 4 is 9.84 Å². The van der Waals surface area contributed by atoms with Crippen molar-refractivity contribution in [3.05, 3.63) is 0 Å². The van der Waals surface area contributed by atoms with Crippen LogP contribution in [-0.4, -0.2) is 52.9 Å². The zero-order valence-corrected chi connectivity index (χ0v) is 10.1. The summed E-state index contributed by atoms with van der Waals surface area (Å²) >= 11 is 0. The van der Waals surface area contributed by atoms with Gasteiger partial charge >= 0.3 is 0 Å². The molecule has 1 rings (SSSR count). The van der Waals surface area contributed by atoms with Gasteiger partial charge in [0.05, 0.1) is 5.75 Å². The van der Waals surface area contributed by atoms with E-state index in [4.69, 9.17) is 11.5 Å². The van der Waals surface area contributed by atoms with Crippen LogP contribution >= 0.6 is 0 Å². The van der Waals surface area contributed by atoms with Gasteiger partial charge in [-0.3, -0.25) is 0 Å². The molecule has 0 aromatic carbocycles. The van der Waals surface area contributed by atoms with Crippen molar-refractivity contribution in [1.29, 1.82) is 0 Å². The van der Waals surface area contributed by atoms with Gasteiger partial charge in [0, 0.05) is 13.6 Å². The van der Waals surface area contributed by atoms with Crippen LogP contribution in [0.5, 0.6) is 0 Å². The Labute approximate surface area is 94.0 Å². The average Bonchev–Trinajstić information content (AvgIpc) is 2.53. The normalized spacial score (nSPS) is 10.0. The lowest BCUT2D eigenvalue weighted by atomic mass is 10.8. The summed E-state index contributed by atoms with van der Waals surface area (Å²) in [5.41, 5.74) is 9.96. The highest BCUT2D eigenvalue weighted by atomic mass is 32.2. The maximum atomic E-state index is 11.3. The molecule has 16 heavy (non-hydrogen) atoms. The van der Waals surface area contributed by atoms with Crippen LogP contribution in [0.4, 0.5) is 0 Å². The Morgan fingerprint density at radius 2 is 1.88 bits per heavy atom. The van der Waals surface area contributed by atoms with E-state index < -0.39 is 9.84 Å². The van der Waals surface area contributed by atoms with Crippen molar-refractivity contribution in [2.45, 2.75) is 12.1 Å². The van der Waals surface area contributed by atoms with Gasteiger partial charge < -0.3 is 16.9 Å². The molecule has 0 bridgehead atoms. The second kappa shape index (κ2) is 8.10. The SMILES string of the molecule is CCN.Cn1nnnc1S(=O)(=O)CCN.O. The molecule has 0 aliphatic rings. The van der Waals surface area contributed by atoms with Crippen molar-refractivity contribution in [2.75, 3.05) is 18.8 Å². The monoisotopic (exact) mass is 254 g/mol. The van der Waals surface area contributed by atoms with Gasteiger partial charge in [-0.2, -0.15) is 0 Å². The first kappa shape index (κ1) is 17.3. The number of hydrogen-bond acceptors (Lipinski definition) is 7. The standard InChI is InChI=1S/C4H9N5O2S.C2H7N.H2O/c1-9-4(6-7-8-9)12(10,11)3-2-5;1-2-3;/h2-3,5H2,1H3;2-3H2,1H3;1H2. The van der Waals surface area contributed by atoms with Crippen LogP contribution in [0.3, 0.4) is 0 Å². The topological polar surface area (TPSA) is 161 Å². The number of rotatable bonds is 3. The van der Waals surface area contributed by atoms with E-state index >= 15 is 0 Å². The first-order chi connectivity index (χ1) is 6.99. The molecule has 96 valence electrons. The largest absolute Gasteiger partial charge is 0.412 e. The number of nitrogens with zero attached hydrogens (tertiary/aromatic N) is 4. The molecule has 0 saturated heterocycles. The molecule has 0 atom stereocenters. The van der Waals surface area contributed by atoms with E-state index in [1.165, 1.54) is 7.05 Å². The van der Waals surface area contributed by atoms with Gasteiger partial charge in [0.15, 0.2) is 0 Å². The molecular formula is C6H18N6O3S. The molecule has 0 aliphatic heterocycles. The second-order valence-electron chi connectivity index (χ2n) is 2.60. The Morgan fingerprint density at radius 1 is 1.38 bits per heavy atom. The Bertz CT molecular complexity index is 375. The number of sulfone groups is 1. The molecule has 0 amide bonds. The third-order valence-corrected chi connectivity index (χ3v) is 2.92. The van der Waals surface area contributed by atoms with Crippen LogP contribution in [0.2, 0.25) is 0 Å². The summed E-state index contributed by atoms with van der Waals surface area (Å²) in [6.45, 7) is 2.72. The molecule has 9 nitrogen and oxygen atoms in total. The maximum Gasteiger partial charge on any atom is 0.267 e. The Balaban J connectivity index is 0. The summed E-state index contributed by atoms with van der Waals surface area (Å²) in [4.78, 5) is 0. The van der Waals surface area contributed by atoms with Crippen molar-refractivity contribution in [3.8, 4) is 0 Å². The highest BCUT2D eigenvalue weighted by molar-refractivity contribution is 7.91. The lowest BCUT2D eigenvalue weighted by Gasteiger charge is -1.97. The number of tetrazole rings is 1. The predicted octanol–water partition coefficient (Wildman–Crippen LogP) is -2.92. The predicted molar refractivity (Wildman–Crippen MR) is 58.2 cm³/mol. The van der Waals surface area contributed by atoms with Gasteiger partial charge in [-0.25, -0.2) is 13.1 Å². The molecule has 6 N–H and O–H groups in total. The van der Waals surface area contributed by atoms with Crippen LogP contribution < -0.4 is 11.5 Å². The van der Waals surface area contributed by atoms with E-state index in [1.807, 2.05) is 6.92 Å². The Kier molecular flexibility index (Phi) is 8.76. The first-order valence-electron chi connectivity index (χ1n) is 4.34. The third-order valence-electron chi connectivity index (χ3n) is 1.25. The zero-order valence-electron chi connectivity index (χ0n) is 9.29. The second-order valence-corrected chi connectivity index (χ2v) is 4.60. The van der Waals surface area contributed by atoms with Gasteiger partial charge in [0.2, 0.25) is 9.84 Å². The highest BCUT2D eigenvalue weighted by Gasteiger charge is 2.19.